The van der Waals surface area contributed by atoms with Crippen molar-refractivity contribution in [3.8, 4) is 0 Å². The Kier molecular flexibility index (Phi) is 3.11. The highest BCUT2D eigenvalue weighted by Crippen LogP contribution is 2.60. The monoisotopic (exact) mass is 316 g/mol. The lowest BCUT2D eigenvalue weighted by atomic mass is 9.52. The van der Waals surface area contributed by atoms with E-state index in [0.717, 1.165) is 32.1 Å². The van der Waals surface area contributed by atoms with Gasteiger partial charge in [-0.2, -0.15) is 0 Å². The summed E-state index contributed by atoms with van der Waals surface area (Å²) in [4.78, 5) is 28.0. The Morgan fingerprint density at radius 2 is 1.83 bits per heavy atom. The molecule has 0 aromatic carbocycles. The summed E-state index contributed by atoms with van der Waals surface area (Å²) in [5, 5.41) is 0. The molecule has 6 nitrogen and oxygen atoms in total. The normalized spacial score (nSPS) is 37.4. The van der Waals surface area contributed by atoms with Gasteiger partial charge in [0.1, 0.15) is 17.5 Å². The van der Waals surface area contributed by atoms with Crippen LogP contribution in [0.2, 0.25) is 0 Å². The van der Waals surface area contributed by atoms with Gasteiger partial charge in [-0.05, 0) is 43.9 Å². The second-order valence-corrected chi connectivity index (χ2v) is 7.29. The summed E-state index contributed by atoms with van der Waals surface area (Å²) >= 11 is 0. The highest BCUT2D eigenvalue weighted by molar-refractivity contribution is 5.81. The zero-order valence-corrected chi connectivity index (χ0v) is 12.9. The molecule has 122 valence electrons. The third-order valence-corrected chi connectivity index (χ3v) is 5.46. The zero-order valence-electron chi connectivity index (χ0n) is 12.9. The Balaban J connectivity index is 1.58. The minimum atomic E-state index is -0.521. The first kappa shape index (κ1) is 14.5. The third kappa shape index (κ3) is 2.46. The van der Waals surface area contributed by atoms with Crippen molar-refractivity contribution in [1.82, 2.24) is 9.55 Å². The van der Waals surface area contributed by atoms with E-state index >= 15 is 0 Å². The molecular formula is C17H20N2O4. The van der Waals surface area contributed by atoms with E-state index in [-0.39, 0.29) is 5.97 Å². The average molecular weight is 316 g/mol. The van der Waals surface area contributed by atoms with Crippen LogP contribution >= 0.6 is 0 Å². The molecule has 2 atom stereocenters. The molecule has 4 saturated carbocycles. The molecule has 1 aromatic rings. The maximum absolute atomic E-state index is 12.3. The predicted molar refractivity (Wildman–Crippen MR) is 80.5 cm³/mol. The van der Waals surface area contributed by atoms with E-state index in [2.05, 4.69) is 11.6 Å². The highest BCUT2D eigenvalue weighted by atomic mass is 16.6. The topological polar surface area (TPSA) is 70.4 Å². The lowest BCUT2D eigenvalue weighted by Gasteiger charge is -2.59. The second kappa shape index (κ2) is 4.94. The van der Waals surface area contributed by atoms with Gasteiger partial charge in [-0.3, -0.25) is 0 Å². The van der Waals surface area contributed by atoms with E-state index in [1.165, 1.54) is 17.0 Å². The van der Waals surface area contributed by atoms with Crippen molar-refractivity contribution in [2.24, 2.45) is 11.8 Å². The van der Waals surface area contributed by atoms with Crippen LogP contribution in [0.5, 0.6) is 0 Å². The van der Waals surface area contributed by atoms with Gasteiger partial charge < -0.3 is 9.47 Å². The van der Waals surface area contributed by atoms with Crippen LogP contribution in [0.4, 0.5) is 4.79 Å². The fourth-order valence-corrected chi connectivity index (χ4v) is 5.19. The Morgan fingerprint density at radius 3 is 2.39 bits per heavy atom. The van der Waals surface area contributed by atoms with Gasteiger partial charge in [0.05, 0.1) is 0 Å². The number of rotatable bonds is 3. The first-order chi connectivity index (χ1) is 11.0. The lowest BCUT2D eigenvalue weighted by Crippen LogP contribution is -2.61. The number of nitrogens with zero attached hydrogens (tertiary/aromatic N) is 2. The zero-order chi connectivity index (χ0) is 16.1. The van der Waals surface area contributed by atoms with Gasteiger partial charge in [0.15, 0.2) is 0 Å². The van der Waals surface area contributed by atoms with Gasteiger partial charge in [-0.1, -0.05) is 6.58 Å². The summed E-state index contributed by atoms with van der Waals surface area (Å²) in [6.45, 7) is 3.49. The molecular weight excluding hydrogens is 296 g/mol. The predicted octanol–water partition coefficient (Wildman–Crippen LogP) is 2.69. The van der Waals surface area contributed by atoms with E-state index in [1.807, 2.05) is 0 Å². The molecule has 1 heterocycles. The van der Waals surface area contributed by atoms with Crippen LogP contribution < -0.4 is 0 Å². The number of carbonyl (C=O) groups is 2. The Morgan fingerprint density at radius 1 is 1.17 bits per heavy atom. The second-order valence-electron chi connectivity index (χ2n) is 7.29. The van der Waals surface area contributed by atoms with E-state index in [0.29, 0.717) is 18.3 Å². The first-order valence-corrected chi connectivity index (χ1v) is 8.08. The molecule has 0 saturated heterocycles. The highest BCUT2D eigenvalue weighted by Gasteiger charge is 2.61. The molecule has 0 radical (unpaired) electrons. The molecule has 4 fully saturated rings. The molecule has 0 amide bonds. The number of ether oxygens (including phenoxy) is 2. The summed E-state index contributed by atoms with van der Waals surface area (Å²) in [7, 11) is 0. The average Bonchev–Trinajstić information content (AvgIpc) is 2.98. The van der Waals surface area contributed by atoms with Crippen LogP contribution in [0.15, 0.2) is 31.4 Å². The molecule has 4 aliphatic carbocycles. The third-order valence-electron chi connectivity index (χ3n) is 5.46. The van der Waals surface area contributed by atoms with Crippen LogP contribution in [0.1, 0.15) is 38.5 Å². The number of imidazole rings is 1. The van der Waals surface area contributed by atoms with Crippen LogP contribution in [-0.2, 0) is 14.3 Å². The minimum Gasteiger partial charge on any atom is -0.456 e. The molecule has 0 N–H and O–H groups in total. The van der Waals surface area contributed by atoms with Crippen molar-refractivity contribution in [3.05, 3.63) is 31.4 Å². The quantitative estimate of drug-likeness (QED) is 0.633. The first-order valence-electron chi connectivity index (χ1n) is 8.08. The maximum atomic E-state index is 12.3. The SMILES string of the molecule is C=CC(=O)OC12CC3CC(C1)CC(OC(=O)n1ccnc1)(C3)C2. The van der Waals surface area contributed by atoms with Crippen molar-refractivity contribution in [1.29, 1.82) is 0 Å². The van der Waals surface area contributed by atoms with Gasteiger partial charge in [0, 0.05) is 24.9 Å². The fraction of sp³-hybridized carbons (Fsp3) is 0.588. The van der Waals surface area contributed by atoms with E-state index < -0.39 is 17.3 Å². The van der Waals surface area contributed by atoms with Crippen molar-refractivity contribution < 1.29 is 19.1 Å². The van der Waals surface area contributed by atoms with Crippen molar-refractivity contribution in [2.45, 2.75) is 49.7 Å². The number of carbonyl (C=O) groups excluding carboxylic acids is 2. The van der Waals surface area contributed by atoms with Crippen molar-refractivity contribution in [2.75, 3.05) is 0 Å². The fourth-order valence-electron chi connectivity index (χ4n) is 5.19. The molecule has 4 aliphatic rings. The Hall–Kier alpha value is -2.11. The standard InChI is InChI=1S/C17H20N2O4/c1-2-14(20)22-16-6-12-5-13(7-16)9-17(8-12,10-16)23-15(21)19-4-3-18-11-19/h2-4,11-13H,1,5-10H2. The molecule has 0 aliphatic heterocycles. The van der Waals surface area contributed by atoms with Crippen molar-refractivity contribution in [3.63, 3.8) is 0 Å². The summed E-state index contributed by atoms with van der Waals surface area (Å²) in [5.74, 6) is 0.511. The van der Waals surface area contributed by atoms with E-state index in [9.17, 15) is 9.59 Å². The molecule has 23 heavy (non-hydrogen) atoms. The summed E-state index contributed by atoms with van der Waals surface area (Å²) in [6.07, 6.45) is 10.6. The molecule has 6 heteroatoms. The van der Waals surface area contributed by atoms with E-state index in [1.54, 1.807) is 12.4 Å². The smallest absolute Gasteiger partial charge is 0.419 e. The van der Waals surface area contributed by atoms with Crippen LogP contribution in [-0.4, -0.2) is 32.8 Å². The number of aromatic nitrogens is 2. The molecule has 2 unspecified atom stereocenters. The number of esters is 1. The maximum Gasteiger partial charge on any atom is 0.419 e. The largest absolute Gasteiger partial charge is 0.456 e. The minimum absolute atomic E-state index is 0.386. The summed E-state index contributed by atoms with van der Waals surface area (Å²) in [5.41, 5.74) is -1.02. The van der Waals surface area contributed by atoms with Gasteiger partial charge in [0.2, 0.25) is 0 Å². The van der Waals surface area contributed by atoms with Gasteiger partial charge >= 0.3 is 12.1 Å². The Bertz CT molecular complexity index is 638. The number of hydrogen-bond acceptors (Lipinski definition) is 5. The van der Waals surface area contributed by atoms with E-state index in [4.69, 9.17) is 9.47 Å². The van der Waals surface area contributed by atoms with Crippen LogP contribution in [0.25, 0.3) is 0 Å². The van der Waals surface area contributed by atoms with Gasteiger partial charge in [0.25, 0.3) is 0 Å². The molecule has 5 rings (SSSR count). The van der Waals surface area contributed by atoms with Gasteiger partial charge in [-0.25, -0.2) is 19.1 Å². The van der Waals surface area contributed by atoms with Crippen molar-refractivity contribution >= 4 is 12.1 Å². The molecule has 1 aromatic heterocycles. The molecule has 0 spiro atoms. The number of hydrogen-bond donors (Lipinski definition) is 0. The summed E-state index contributed by atoms with van der Waals surface area (Å²) in [6, 6.07) is 0. The van der Waals surface area contributed by atoms with Crippen LogP contribution in [0, 0.1) is 11.8 Å². The summed E-state index contributed by atoms with van der Waals surface area (Å²) < 4.78 is 13.0. The van der Waals surface area contributed by atoms with Crippen LogP contribution in [0.3, 0.4) is 0 Å². The molecule has 4 bridgehead atoms. The van der Waals surface area contributed by atoms with Gasteiger partial charge in [-0.15, -0.1) is 0 Å². The lowest BCUT2D eigenvalue weighted by molar-refractivity contribution is -0.215. The Labute approximate surface area is 134 Å².